The number of H-pyrrole nitrogens is 1. The van der Waals surface area contributed by atoms with Crippen molar-refractivity contribution in [1.82, 2.24) is 15.4 Å². The minimum absolute atomic E-state index is 0.237. The monoisotopic (exact) mass is 323 g/mol. The zero-order valence-electron chi connectivity index (χ0n) is 13.4. The Hall–Kier alpha value is -2.99. The van der Waals surface area contributed by atoms with Gasteiger partial charge in [-0.15, -0.1) is 0 Å². The third-order valence-corrected chi connectivity index (χ3v) is 3.98. The molecular weight excluding hydrogens is 306 g/mol. The van der Waals surface area contributed by atoms with Crippen molar-refractivity contribution in [2.75, 3.05) is 0 Å². The predicted molar refractivity (Wildman–Crippen MR) is 90.3 cm³/mol. The lowest BCUT2D eigenvalue weighted by molar-refractivity contribution is 0.0706. The Morgan fingerprint density at radius 1 is 1.21 bits per heavy atom. The Bertz CT molecular complexity index is 992. The molecule has 0 aliphatic carbocycles. The van der Waals surface area contributed by atoms with Crippen molar-refractivity contribution in [2.24, 2.45) is 0 Å². The quantitative estimate of drug-likeness (QED) is 0.509. The van der Waals surface area contributed by atoms with Gasteiger partial charge in [0.15, 0.2) is 0 Å². The number of hydroxylamine groups is 1. The number of amides is 1. The fourth-order valence-electron chi connectivity index (χ4n) is 2.70. The average Bonchev–Trinajstić information content (AvgIpc) is 2.56. The van der Waals surface area contributed by atoms with Crippen molar-refractivity contribution in [3.63, 3.8) is 0 Å². The molecule has 3 rings (SSSR count). The summed E-state index contributed by atoms with van der Waals surface area (Å²) in [5.74, 6) is -0.115. The molecule has 0 aliphatic rings. The second kappa shape index (κ2) is 6.25. The van der Waals surface area contributed by atoms with E-state index in [1.54, 1.807) is 5.48 Å². The highest BCUT2D eigenvalue weighted by atomic mass is 16.5. The summed E-state index contributed by atoms with van der Waals surface area (Å²) in [6, 6.07) is 10.6. The molecule has 24 heavy (non-hydrogen) atoms. The molecular formula is C18H17N3O3. The maximum atomic E-state index is 12.2. The maximum Gasteiger partial charge on any atom is 0.274 e. The lowest BCUT2D eigenvalue weighted by Gasteiger charge is -2.08. The van der Waals surface area contributed by atoms with Crippen molar-refractivity contribution in [2.45, 2.75) is 20.3 Å². The molecule has 0 atom stereocenters. The first-order valence-corrected chi connectivity index (χ1v) is 7.51. The van der Waals surface area contributed by atoms with E-state index in [1.165, 1.54) is 23.8 Å². The van der Waals surface area contributed by atoms with Gasteiger partial charge in [-0.25, -0.2) is 10.5 Å². The van der Waals surface area contributed by atoms with Gasteiger partial charge < -0.3 is 4.98 Å². The first-order valence-electron chi connectivity index (χ1n) is 7.51. The van der Waals surface area contributed by atoms with Gasteiger partial charge in [0.05, 0.1) is 10.9 Å². The Labute approximate surface area is 138 Å². The second-order valence-corrected chi connectivity index (χ2v) is 5.79. The van der Waals surface area contributed by atoms with Crippen molar-refractivity contribution < 1.29 is 10.0 Å². The molecule has 0 fully saturated rings. The first-order chi connectivity index (χ1) is 11.5. The first kappa shape index (κ1) is 15.9. The van der Waals surface area contributed by atoms with Crippen LogP contribution in [0.2, 0.25) is 0 Å². The molecule has 6 heteroatoms. The van der Waals surface area contributed by atoms with Gasteiger partial charge in [-0.05, 0) is 43.2 Å². The van der Waals surface area contributed by atoms with Crippen LogP contribution in [0.4, 0.5) is 0 Å². The van der Waals surface area contributed by atoms with E-state index >= 15 is 0 Å². The Balaban J connectivity index is 2.05. The van der Waals surface area contributed by atoms with Crippen molar-refractivity contribution >= 4 is 16.8 Å². The molecule has 0 aliphatic heterocycles. The van der Waals surface area contributed by atoms with Crippen LogP contribution in [0.5, 0.6) is 0 Å². The topological polar surface area (TPSA) is 95.1 Å². The molecule has 1 aromatic heterocycles. The summed E-state index contributed by atoms with van der Waals surface area (Å²) in [5.41, 5.74) is 5.36. The van der Waals surface area contributed by atoms with Crippen molar-refractivity contribution in [1.29, 1.82) is 0 Å². The lowest BCUT2D eigenvalue weighted by Crippen LogP contribution is -2.19. The number of rotatable bonds is 3. The molecule has 3 aromatic rings. The average molecular weight is 323 g/mol. The number of fused-ring (bicyclic) bond motifs is 1. The number of hydrogen-bond acceptors (Lipinski definition) is 4. The summed E-state index contributed by atoms with van der Waals surface area (Å²) in [4.78, 5) is 31.0. The Morgan fingerprint density at radius 3 is 2.71 bits per heavy atom. The summed E-state index contributed by atoms with van der Waals surface area (Å²) < 4.78 is 0. The minimum Gasteiger partial charge on any atom is -0.310 e. The van der Waals surface area contributed by atoms with E-state index in [9.17, 15) is 9.59 Å². The minimum atomic E-state index is -0.644. The molecule has 2 aromatic carbocycles. The molecule has 0 unspecified atom stereocenters. The third kappa shape index (κ3) is 3.04. The zero-order chi connectivity index (χ0) is 17.3. The largest absolute Gasteiger partial charge is 0.310 e. The molecule has 122 valence electrons. The van der Waals surface area contributed by atoms with Gasteiger partial charge in [-0.3, -0.25) is 14.8 Å². The van der Waals surface area contributed by atoms with Crippen molar-refractivity contribution in [3.05, 3.63) is 74.8 Å². The van der Waals surface area contributed by atoms with Crippen LogP contribution in [-0.4, -0.2) is 21.1 Å². The number of aromatic amines is 1. The molecule has 1 amide bonds. The van der Waals surface area contributed by atoms with E-state index in [0.717, 1.165) is 11.1 Å². The summed E-state index contributed by atoms with van der Waals surface area (Å²) in [6.07, 6.45) is 0.494. The smallest absolute Gasteiger partial charge is 0.274 e. The molecule has 3 N–H and O–H groups in total. The Morgan fingerprint density at radius 2 is 2.00 bits per heavy atom. The van der Waals surface area contributed by atoms with Crippen LogP contribution in [-0.2, 0) is 6.42 Å². The normalized spacial score (nSPS) is 10.8. The highest BCUT2D eigenvalue weighted by Crippen LogP contribution is 2.15. The SMILES string of the molecule is Cc1ccc(Cc2nc3cc(C(=O)NO)ccc3c(=O)[nH]2)c(C)c1. The molecule has 6 nitrogen and oxygen atoms in total. The van der Waals surface area contributed by atoms with Crippen LogP contribution in [0.25, 0.3) is 10.9 Å². The molecule has 0 saturated heterocycles. The van der Waals surface area contributed by atoms with Crippen LogP contribution in [0.15, 0.2) is 41.2 Å². The van der Waals surface area contributed by atoms with Gasteiger partial charge in [0.1, 0.15) is 5.82 Å². The van der Waals surface area contributed by atoms with E-state index in [4.69, 9.17) is 5.21 Å². The number of nitrogens with zero attached hydrogens (tertiary/aromatic N) is 1. The predicted octanol–water partition coefficient (Wildman–Crippen LogP) is 2.25. The molecule has 1 heterocycles. The molecule has 0 bridgehead atoms. The van der Waals surface area contributed by atoms with Gasteiger partial charge in [0.25, 0.3) is 11.5 Å². The fourth-order valence-corrected chi connectivity index (χ4v) is 2.70. The molecule has 0 spiro atoms. The second-order valence-electron chi connectivity index (χ2n) is 5.79. The Kier molecular flexibility index (Phi) is 4.14. The van der Waals surface area contributed by atoms with Crippen LogP contribution in [0.3, 0.4) is 0 Å². The van der Waals surface area contributed by atoms with E-state index < -0.39 is 5.91 Å². The van der Waals surface area contributed by atoms with E-state index in [2.05, 4.69) is 16.0 Å². The van der Waals surface area contributed by atoms with Gasteiger partial charge in [-0.1, -0.05) is 23.8 Å². The van der Waals surface area contributed by atoms with Crippen LogP contribution in [0.1, 0.15) is 32.9 Å². The van der Waals surface area contributed by atoms with E-state index in [-0.39, 0.29) is 11.1 Å². The highest BCUT2D eigenvalue weighted by molar-refractivity contribution is 5.96. The van der Waals surface area contributed by atoms with Gasteiger partial charge in [-0.2, -0.15) is 0 Å². The number of hydrogen-bond donors (Lipinski definition) is 3. The van der Waals surface area contributed by atoms with Crippen LogP contribution < -0.4 is 11.0 Å². The van der Waals surface area contributed by atoms with Crippen LogP contribution in [0, 0.1) is 13.8 Å². The third-order valence-electron chi connectivity index (χ3n) is 3.98. The summed E-state index contributed by atoms with van der Waals surface area (Å²) >= 11 is 0. The standard InChI is InChI=1S/C18H17N3O3/c1-10-3-4-12(11(2)7-10)9-16-19-15-8-13(17(22)21-24)5-6-14(15)18(23)20-16/h3-8,24H,9H2,1-2H3,(H,21,22)(H,19,20,23). The van der Waals surface area contributed by atoms with E-state index in [1.807, 2.05) is 26.0 Å². The number of carbonyl (C=O) groups excluding carboxylic acids is 1. The fraction of sp³-hybridized carbons (Fsp3) is 0.167. The highest BCUT2D eigenvalue weighted by Gasteiger charge is 2.10. The summed E-state index contributed by atoms with van der Waals surface area (Å²) in [7, 11) is 0. The van der Waals surface area contributed by atoms with Crippen LogP contribution >= 0.6 is 0 Å². The number of aryl methyl sites for hydroxylation is 2. The number of benzene rings is 2. The number of carbonyl (C=O) groups is 1. The maximum absolute atomic E-state index is 12.2. The number of aromatic nitrogens is 2. The van der Waals surface area contributed by atoms with Crippen molar-refractivity contribution in [3.8, 4) is 0 Å². The lowest BCUT2D eigenvalue weighted by atomic mass is 10.0. The summed E-state index contributed by atoms with van der Waals surface area (Å²) in [5, 5.41) is 9.13. The van der Waals surface area contributed by atoms with Gasteiger partial charge >= 0.3 is 0 Å². The molecule has 0 saturated carbocycles. The van der Waals surface area contributed by atoms with Gasteiger partial charge in [0, 0.05) is 12.0 Å². The molecule has 0 radical (unpaired) electrons. The number of nitrogens with one attached hydrogen (secondary N) is 2. The zero-order valence-corrected chi connectivity index (χ0v) is 13.4. The van der Waals surface area contributed by atoms with E-state index in [0.29, 0.717) is 23.1 Å². The summed E-state index contributed by atoms with van der Waals surface area (Å²) in [6.45, 7) is 4.05. The van der Waals surface area contributed by atoms with Gasteiger partial charge in [0.2, 0.25) is 0 Å².